The topological polar surface area (TPSA) is 64.4 Å². The summed E-state index contributed by atoms with van der Waals surface area (Å²) in [6.07, 6.45) is 2.14. The molecule has 106 valence electrons. The molecule has 0 bridgehead atoms. The van der Waals surface area contributed by atoms with Gasteiger partial charge in [-0.25, -0.2) is 0 Å². The van der Waals surface area contributed by atoms with Crippen molar-refractivity contribution in [2.24, 2.45) is 5.73 Å². The van der Waals surface area contributed by atoms with Gasteiger partial charge >= 0.3 is 0 Å². The molecule has 1 rings (SSSR count). The number of hydrogen-bond donors (Lipinski definition) is 2. The largest absolute Gasteiger partial charge is 0.496 e. The van der Waals surface area contributed by atoms with E-state index in [1.54, 1.807) is 7.11 Å². The number of nitrogens with one attached hydrogen (secondary N) is 1. The molecule has 1 aromatic carbocycles. The number of ether oxygens (including phenoxy) is 1. The first-order chi connectivity index (χ1) is 9.06. The predicted octanol–water partition coefficient (Wildman–Crippen LogP) is 1.65. The standard InChI is InChI=1S/C15H24N2O2/c1-4-13-10-12(5-6-14(13)19-3)7-8-17-15(18)9-11(2)16/h5-6,10-11H,4,7-9,16H2,1-3H3,(H,17,18). The lowest BCUT2D eigenvalue weighted by Gasteiger charge is -2.10. The fourth-order valence-electron chi connectivity index (χ4n) is 1.97. The lowest BCUT2D eigenvalue weighted by Crippen LogP contribution is -2.31. The summed E-state index contributed by atoms with van der Waals surface area (Å²) in [6.45, 7) is 4.57. The SMILES string of the molecule is CCc1cc(CCNC(=O)CC(C)N)ccc1OC. The van der Waals surface area contributed by atoms with E-state index in [1.807, 2.05) is 19.1 Å². The lowest BCUT2D eigenvalue weighted by molar-refractivity contribution is -0.121. The molecule has 1 amide bonds. The molecule has 19 heavy (non-hydrogen) atoms. The van der Waals surface area contributed by atoms with Crippen LogP contribution in [0.3, 0.4) is 0 Å². The van der Waals surface area contributed by atoms with Crippen molar-refractivity contribution in [3.63, 3.8) is 0 Å². The van der Waals surface area contributed by atoms with Crippen molar-refractivity contribution >= 4 is 5.91 Å². The van der Waals surface area contributed by atoms with Gasteiger partial charge in [0.05, 0.1) is 7.11 Å². The third-order valence-corrected chi connectivity index (χ3v) is 2.97. The molecule has 0 aliphatic carbocycles. The molecular weight excluding hydrogens is 240 g/mol. The summed E-state index contributed by atoms with van der Waals surface area (Å²) in [4.78, 5) is 11.5. The average Bonchev–Trinajstić information content (AvgIpc) is 2.37. The monoisotopic (exact) mass is 264 g/mol. The summed E-state index contributed by atoms with van der Waals surface area (Å²) in [6, 6.07) is 6.07. The fourth-order valence-corrected chi connectivity index (χ4v) is 1.97. The quantitative estimate of drug-likeness (QED) is 0.787. The number of methoxy groups -OCH3 is 1. The van der Waals surface area contributed by atoms with Crippen molar-refractivity contribution in [2.45, 2.75) is 39.2 Å². The second-order valence-corrected chi connectivity index (χ2v) is 4.78. The number of carbonyl (C=O) groups excluding carboxylic acids is 1. The van der Waals surface area contributed by atoms with Crippen molar-refractivity contribution in [1.29, 1.82) is 0 Å². The minimum Gasteiger partial charge on any atom is -0.496 e. The van der Waals surface area contributed by atoms with Gasteiger partial charge in [-0.2, -0.15) is 0 Å². The highest BCUT2D eigenvalue weighted by Gasteiger charge is 2.05. The molecule has 4 nitrogen and oxygen atoms in total. The number of nitrogens with two attached hydrogens (primary N) is 1. The van der Waals surface area contributed by atoms with Gasteiger partial charge in [0.25, 0.3) is 0 Å². The summed E-state index contributed by atoms with van der Waals surface area (Å²) in [5.74, 6) is 0.937. The van der Waals surface area contributed by atoms with Crippen LogP contribution >= 0.6 is 0 Å². The molecular formula is C15H24N2O2. The molecule has 0 saturated heterocycles. The van der Waals surface area contributed by atoms with Gasteiger partial charge in [-0.1, -0.05) is 19.1 Å². The van der Waals surface area contributed by atoms with Gasteiger partial charge in [-0.15, -0.1) is 0 Å². The molecule has 0 heterocycles. The number of aryl methyl sites for hydroxylation is 1. The van der Waals surface area contributed by atoms with E-state index in [1.165, 1.54) is 11.1 Å². The molecule has 0 saturated carbocycles. The van der Waals surface area contributed by atoms with Gasteiger partial charge in [0.1, 0.15) is 5.75 Å². The number of carbonyl (C=O) groups is 1. The highest BCUT2D eigenvalue weighted by Crippen LogP contribution is 2.20. The summed E-state index contributed by atoms with van der Waals surface area (Å²) >= 11 is 0. The van der Waals surface area contributed by atoms with E-state index in [-0.39, 0.29) is 11.9 Å². The lowest BCUT2D eigenvalue weighted by atomic mass is 10.1. The van der Waals surface area contributed by atoms with Crippen LogP contribution in [-0.2, 0) is 17.6 Å². The molecule has 0 fully saturated rings. The van der Waals surface area contributed by atoms with Crippen LogP contribution in [0.1, 0.15) is 31.4 Å². The van der Waals surface area contributed by atoms with Gasteiger partial charge < -0.3 is 15.8 Å². The van der Waals surface area contributed by atoms with Crippen molar-refractivity contribution < 1.29 is 9.53 Å². The molecule has 0 aliphatic heterocycles. The minimum atomic E-state index is -0.0901. The van der Waals surface area contributed by atoms with Crippen molar-refractivity contribution in [1.82, 2.24) is 5.32 Å². The number of rotatable bonds is 7. The van der Waals surface area contributed by atoms with Crippen LogP contribution in [0.25, 0.3) is 0 Å². The Hall–Kier alpha value is -1.55. The van der Waals surface area contributed by atoms with Crippen LogP contribution in [0, 0.1) is 0 Å². The zero-order valence-corrected chi connectivity index (χ0v) is 12.0. The van der Waals surface area contributed by atoms with E-state index in [9.17, 15) is 4.79 Å². The maximum atomic E-state index is 11.5. The van der Waals surface area contributed by atoms with Gasteiger partial charge in [0, 0.05) is 19.0 Å². The zero-order valence-electron chi connectivity index (χ0n) is 12.0. The van der Waals surface area contributed by atoms with Crippen LogP contribution in [0.4, 0.5) is 0 Å². The summed E-state index contributed by atoms with van der Waals surface area (Å²) in [7, 11) is 1.68. The number of benzene rings is 1. The third-order valence-electron chi connectivity index (χ3n) is 2.97. The number of amides is 1. The molecule has 0 aliphatic rings. The Bertz CT molecular complexity index is 417. The predicted molar refractivity (Wildman–Crippen MR) is 77.4 cm³/mol. The van der Waals surface area contributed by atoms with Crippen molar-refractivity contribution in [2.75, 3.05) is 13.7 Å². The fraction of sp³-hybridized carbons (Fsp3) is 0.533. The minimum absolute atomic E-state index is 0.0132. The Labute approximate surface area is 115 Å². The van der Waals surface area contributed by atoms with Gasteiger partial charge in [-0.05, 0) is 37.0 Å². The third kappa shape index (κ3) is 5.30. The van der Waals surface area contributed by atoms with E-state index < -0.39 is 0 Å². The van der Waals surface area contributed by atoms with Gasteiger partial charge in [-0.3, -0.25) is 4.79 Å². The zero-order chi connectivity index (χ0) is 14.3. The maximum Gasteiger partial charge on any atom is 0.221 e. The first-order valence-electron chi connectivity index (χ1n) is 6.74. The first-order valence-corrected chi connectivity index (χ1v) is 6.74. The molecule has 1 aromatic rings. The molecule has 4 heteroatoms. The summed E-state index contributed by atoms with van der Waals surface area (Å²) in [5.41, 5.74) is 7.97. The molecule has 1 atom stereocenters. The molecule has 0 aromatic heterocycles. The Balaban J connectivity index is 2.47. The Morgan fingerprint density at radius 1 is 1.47 bits per heavy atom. The van der Waals surface area contributed by atoms with Crippen LogP contribution in [0.15, 0.2) is 18.2 Å². The van der Waals surface area contributed by atoms with Gasteiger partial charge in [0.2, 0.25) is 5.91 Å². The van der Waals surface area contributed by atoms with Crippen LogP contribution < -0.4 is 15.8 Å². The normalized spacial score (nSPS) is 12.0. The second-order valence-electron chi connectivity index (χ2n) is 4.78. The average molecular weight is 264 g/mol. The Kier molecular flexibility index (Phi) is 6.36. The molecule has 1 unspecified atom stereocenters. The molecule has 0 spiro atoms. The smallest absolute Gasteiger partial charge is 0.221 e. The highest BCUT2D eigenvalue weighted by molar-refractivity contribution is 5.76. The van der Waals surface area contributed by atoms with Crippen LogP contribution in [0.5, 0.6) is 5.75 Å². The van der Waals surface area contributed by atoms with E-state index in [4.69, 9.17) is 10.5 Å². The maximum absolute atomic E-state index is 11.5. The van der Waals surface area contributed by atoms with Crippen LogP contribution in [-0.4, -0.2) is 25.6 Å². The van der Waals surface area contributed by atoms with E-state index >= 15 is 0 Å². The first kappa shape index (κ1) is 15.5. The van der Waals surface area contributed by atoms with E-state index in [0.717, 1.165) is 18.6 Å². The molecule has 0 radical (unpaired) electrons. The Morgan fingerprint density at radius 3 is 2.79 bits per heavy atom. The molecule has 3 N–H and O–H groups in total. The highest BCUT2D eigenvalue weighted by atomic mass is 16.5. The second kappa shape index (κ2) is 7.79. The van der Waals surface area contributed by atoms with Crippen molar-refractivity contribution in [3.05, 3.63) is 29.3 Å². The van der Waals surface area contributed by atoms with E-state index in [2.05, 4.69) is 18.3 Å². The summed E-state index contributed by atoms with van der Waals surface area (Å²) in [5, 5.41) is 2.88. The van der Waals surface area contributed by atoms with Crippen LogP contribution in [0.2, 0.25) is 0 Å². The summed E-state index contributed by atoms with van der Waals surface area (Å²) < 4.78 is 5.29. The van der Waals surface area contributed by atoms with Gasteiger partial charge in [0.15, 0.2) is 0 Å². The number of hydrogen-bond acceptors (Lipinski definition) is 3. The Morgan fingerprint density at radius 2 is 2.21 bits per heavy atom. The van der Waals surface area contributed by atoms with Crippen molar-refractivity contribution in [3.8, 4) is 5.75 Å². The van der Waals surface area contributed by atoms with E-state index in [0.29, 0.717) is 13.0 Å².